The van der Waals surface area contributed by atoms with Crippen LogP contribution < -0.4 is 0 Å². The lowest BCUT2D eigenvalue weighted by molar-refractivity contribution is 0.669. The molecular formula is C57H34N4OS. The average molecular weight is 823 g/mol. The van der Waals surface area contributed by atoms with E-state index in [1.54, 1.807) is 0 Å². The van der Waals surface area contributed by atoms with Gasteiger partial charge in [0.1, 0.15) is 11.2 Å². The first-order chi connectivity index (χ1) is 31.2. The van der Waals surface area contributed by atoms with Crippen molar-refractivity contribution in [1.82, 2.24) is 19.5 Å². The molecule has 0 radical (unpaired) electrons. The third-order valence-electron chi connectivity index (χ3n) is 12.3. The van der Waals surface area contributed by atoms with Crippen LogP contribution in [0.2, 0.25) is 0 Å². The van der Waals surface area contributed by atoms with Gasteiger partial charge in [0.15, 0.2) is 17.5 Å². The van der Waals surface area contributed by atoms with Crippen molar-refractivity contribution in [2.24, 2.45) is 0 Å². The fourth-order valence-electron chi connectivity index (χ4n) is 9.27. The summed E-state index contributed by atoms with van der Waals surface area (Å²) in [6, 6.07) is 72.9. The van der Waals surface area contributed by atoms with Gasteiger partial charge < -0.3 is 8.98 Å². The lowest BCUT2D eigenvalue weighted by Crippen LogP contribution is -2.00. The smallest absolute Gasteiger partial charge is 0.164 e. The van der Waals surface area contributed by atoms with Crippen LogP contribution in [-0.4, -0.2) is 19.5 Å². The Bertz CT molecular complexity index is 3920. The molecule has 4 heterocycles. The summed E-state index contributed by atoms with van der Waals surface area (Å²) in [5.74, 6) is 1.80. The van der Waals surface area contributed by atoms with E-state index in [2.05, 4.69) is 156 Å². The zero-order valence-corrected chi connectivity index (χ0v) is 34.6. The average Bonchev–Trinajstić information content (AvgIpc) is 4.03. The molecule has 9 aromatic carbocycles. The molecule has 0 atom stereocenters. The highest BCUT2D eigenvalue weighted by Gasteiger charge is 2.19. The van der Waals surface area contributed by atoms with Crippen LogP contribution in [-0.2, 0) is 0 Å². The number of hydrogen-bond acceptors (Lipinski definition) is 5. The maximum absolute atomic E-state index is 6.27. The molecular weight excluding hydrogens is 789 g/mol. The van der Waals surface area contributed by atoms with Crippen molar-refractivity contribution >= 4 is 75.3 Å². The minimum absolute atomic E-state index is 0.586. The first-order valence-corrected chi connectivity index (χ1v) is 21.9. The van der Waals surface area contributed by atoms with Crippen LogP contribution in [0.25, 0.3) is 126 Å². The van der Waals surface area contributed by atoms with E-state index in [-0.39, 0.29) is 0 Å². The first-order valence-electron chi connectivity index (χ1n) is 21.1. The van der Waals surface area contributed by atoms with Gasteiger partial charge in [0.25, 0.3) is 0 Å². The van der Waals surface area contributed by atoms with Crippen molar-refractivity contribution < 1.29 is 4.42 Å². The normalized spacial score (nSPS) is 11.8. The van der Waals surface area contributed by atoms with E-state index in [0.29, 0.717) is 17.5 Å². The number of nitrogens with zero attached hydrogens (tertiary/aromatic N) is 4. The second-order valence-electron chi connectivity index (χ2n) is 16.0. The fourth-order valence-corrected chi connectivity index (χ4v) is 10.4. The van der Waals surface area contributed by atoms with Gasteiger partial charge in [0, 0.05) is 69.7 Å². The number of furan rings is 1. The highest BCUT2D eigenvalue weighted by Crippen LogP contribution is 2.41. The van der Waals surface area contributed by atoms with E-state index in [1.165, 1.54) is 58.7 Å². The molecule has 0 aliphatic rings. The third kappa shape index (κ3) is 5.87. The van der Waals surface area contributed by atoms with Gasteiger partial charge >= 0.3 is 0 Å². The molecule has 13 rings (SSSR count). The van der Waals surface area contributed by atoms with Gasteiger partial charge in [-0.2, -0.15) is 0 Å². The van der Waals surface area contributed by atoms with Gasteiger partial charge in [0.05, 0.1) is 11.0 Å². The van der Waals surface area contributed by atoms with E-state index in [4.69, 9.17) is 19.4 Å². The molecule has 0 saturated heterocycles. The molecule has 0 unspecified atom stereocenters. The minimum Gasteiger partial charge on any atom is -0.456 e. The Morgan fingerprint density at radius 1 is 0.349 bits per heavy atom. The monoisotopic (exact) mass is 822 g/mol. The molecule has 0 saturated carbocycles. The summed E-state index contributed by atoms with van der Waals surface area (Å²) in [4.78, 5) is 15.2. The Morgan fingerprint density at radius 2 is 0.921 bits per heavy atom. The fraction of sp³-hybridized carbons (Fsp3) is 0. The standard InChI is InChI=1S/C57H34N4OS/c1-2-12-35(13-3-1)55-58-56(60-57(59-55)40-27-30-45-44-17-5-8-22-50(44)62-51(45)33-40)36-24-28-41(29-25-36)61-49-21-7-4-16-43(49)48-20-11-19-42(54(48)61)39-15-10-14-37(32-39)38-26-31-47-46-18-6-9-23-52(46)63-53(47)34-38/h1-34H. The van der Waals surface area contributed by atoms with Crippen LogP contribution in [0, 0.1) is 0 Å². The molecule has 13 aromatic rings. The molecule has 0 spiro atoms. The molecule has 63 heavy (non-hydrogen) atoms. The van der Waals surface area contributed by atoms with Crippen molar-refractivity contribution in [3.63, 3.8) is 0 Å². The minimum atomic E-state index is 0.586. The molecule has 0 aliphatic carbocycles. The second-order valence-corrected chi connectivity index (χ2v) is 17.1. The summed E-state index contributed by atoms with van der Waals surface area (Å²) in [6.45, 7) is 0. The summed E-state index contributed by atoms with van der Waals surface area (Å²) in [5.41, 5.74) is 12.5. The molecule has 0 bridgehead atoms. The van der Waals surface area contributed by atoms with Crippen molar-refractivity contribution in [1.29, 1.82) is 0 Å². The number of hydrogen-bond donors (Lipinski definition) is 0. The Hall–Kier alpha value is -8.19. The lowest BCUT2D eigenvalue weighted by atomic mass is 9.97. The molecule has 294 valence electrons. The molecule has 0 fully saturated rings. The van der Waals surface area contributed by atoms with Gasteiger partial charge in [-0.3, -0.25) is 0 Å². The summed E-state index contributed by atoms with van der Waals surface area (Å²) >= 11 is 1.86. The van der Waals surface area contributed by atoms with Crippen LogP contribution in [0.15, 0.2) is 211 Å². The maximum atomic E-state index is 6.27. The van der Waals surface area contributed by atoms with Crippen LogP contribution in [0.3, 0.4) is 0 Å². The number of fused-ring (bicyclic) bond motifs is 9. The predicted octanol–water partition coefficient (Wildman–Crippen LogP) is 15.6. The maximum Gasteiger partial charge on any atom is 0.164 e. The van der Waals surface area contributed by atoms with E-state index >= 15 is 0 Å². The Balaban J connectivity index is 0.925. The molecule has 5 nitrogen and oxygen atoms in total. The van der Waals surface area contributed by atoms with Crippen molar-refractivity contribution in [2.75, 3.05) is 0 Å². The third-order valence-corrected chi connectivity index (χ3v) is 13.4. The highest BCUT2D eigenvalue weighted by molar-refractivity contribution is 7.25. The van der Waals surface area contributed by atoms with E-state index in [9.17, 15) is 0 Å². The van der Waals surface area contributed by atoms with Gasteiger partial charge in [-0.05, 0) is 83.4 Å². The van der Waals surface area contributed by atoms with Gasteiger partial charge in [-0.15, -0.1) is 11.3 Å². The van der Waals surface area contributed by atoms with Crippen LogP contribution in [0.5, 0.6) is 0 Å². The first kappa shape index (κ1) is 35.6. The van der Waals surface area contributed by atoms with Crippen LogP contribution >= 0.6 is 11.3 Å². The van der Waals surface area contributed by atoms with Crippen LogP contribution in [0.1, 0.15) is 0 Å². The molecule has 4 aromatic heterocycles. The molecule has 0 amide bonds. The summed E-state index contributed by atoms with van der Waals surface area (Å²) < 4.78 is 11.3. The van der Waals surface area contributed by atoms with Crippen molar-refractivity contribution in [2.45, 2.75) is 0 Å². The van der Waals surface area contributed by atoms with Crippen LogP contribution in [0.4, 0.5) is 0 Å². The Labute approximate surface area is 365 Å². The van der Waals surface area contributed by atoms with Crippen molar-refractivity contribution in [3.8, 4) is 62.1 Å². The second kappa shape index (κ2) is 14.2. The zero-order valence-electron chi connectivity index (χ0n) is 33.7. The zero-order chi connectivity index (χ0) is 41.4. The predicted molar refractivity (Wildman–Crippen MR) is 262 cm³/mol. The summed E-state index contributed by atoms with van der Waals surface area (Å²) in [7, 11) is 0. The molecule has 6 heteroatoms. The lowest BCUT2D eigenvalue weighted by Gasteiger charge is -2.13. The number of para-hydroxylation sites is 3. The molecule has 0 aliphatic heterocycles. The van der Waals surface area contributed by atoms with Gasteiger partial charge in [-0.25, -0.2) is 15.0 Å². The van der Waals surface area contributed by atoms with E-state index in [0.717, 1.165) is 49.8 Å². The van der Waals surface area contributed by atoms with E-state index in [1.807, 2.05) is 65.9 Å². The quantitative estimate of drug-likeness (QED) is 0.168. The number of aromatic nitrogens is 4. The largest absolute Gasteiger partial charge is 0.456 e. The number of thiophene rings is 1. The number of rotatable bonds is 6. The Morgan fingerprint density at radius 3 is 1.78 bits per heavy atom. The highest BCUT2D eigenvalue weighted by atomic mass is 32.1. The molecule has 0 N–H and O–H groups in total. The SMILES string of the molecule is c1ccc(-c2nc(-c3ccc(-n4c5ccccc5c5cccc(-c6cccc(-c7ccc8c(c7)sc7ccccc78)c6)c54)cc3)nc(-c3ccc4c(c3)oc3ccccc34)n2)cc1. The Kier molecular flexibility index (Phi) is 8.01. The summed E-state index contributed by atoms with van der Waals surface area (Å²) in [5, 5.41) is 7.20. The topological polar surface area (TPSA) is 56.7 Å². The van der Waals surface area contributed by atoms with Gasteiger partial charge in [0.2, 0.25) is 0 Å². The van der Waals surface area contributed by atoms with E-state index < -0.39 is 0 Å². The summed E-state index contributed by atoms with van der Waals surface area (Å²) in [6.07, 6.45) is 0. The van der Waals surface area contributed by atoms with Gasteiger partial charge in [-0.1, -0.05) is 140 Å². The number of benzene rings is 9. The van der Waals surface area contributed by atoms with Crippen molar-refractivity contribution in [3.05, 3.63) is 206 Å².